The van der Waals surface area contributed by atoms with Gasteiger partial charge in [0.25, 0.3) is 0 Å². The monoisotopic (exact) mass is 1260 g/mol. The number of nitrogens with zero attached hydrogens (tertiary/aromatic N) is 7. The van der Waals surface area contributed by atoms with Crippen LogP contribution in [0.15, 0.2) is 42.5 Å². The summed E-state index contributed by atoms with van der Waals surface area (Å²) >= 11 is 0. The lowest BCUT2D eigenvalue weighted by Gasteiger charge is -2.36. The van der Waals surface area contributed by atoms with Crippen molar-refractivity contribution in [3.05, 3.63) is 59.4 Å². The molecule has 0 bridgehead atoms. The first-order valence-electron chi connectivity index (χ1n) is 33.4. The number of piperazine rings is 6. The summed E-state index contributed by atoms with van der Waals surface area (Å²) in [4.78, 5) is 46.2. The van der Waals surface area contributed by atoms with Crippen LogP contribution in [0.5, 0.6) is 0 Å². The Hall–Kier alpha value is -3.95. The van der Waals surface area contributed by atoms with Gasteiger partial charge in [0, 0.05) is 196 Å². The lowest BCUT2D eigenvalue weighted by Crippen LogP contribution is -2.48. The van der Waals surface area contributed by atoms with Gasteiger partial charge in [-0.15, -0.1) is 0 Å². The highest BCUT2D eigenvalue weighted by molar-refractivity contribution is 7.88. The van der Waals surface area contributed by atoms with E-state index in [1.54, 1.807) is 39.0 Å². The molecule has 8 heterocycles. The van der Waals surface area contributed by atoms with E-state index in [0.29, 0.717) is 19.6 Å². The SMILES string of the molecule is C1CCC(N2CCNCC2)CC1.CC(=O)C1CCCN1.CC(C)CN1CCNCC1.CN(C)C(=O)C1CCCN1.CNC(=O)CN1CCNCC1.CS(=O)(=O)N1CCNCC1.Cc1ccc(N2CCNCC2)c(F)c1.Cc1ccc(N2CCNCC2)cc1. The molecule has 9 fully saturated rings. The van der Waals surface area contributed by atoms with Crippen LogP contribution in [0.3, 0.4) is 0 Å². The Bertz CT molecular complexity index is 2250. The third-order valence-electron chi connectivity index (χ3n) is 16.9. The van der Waals surface area contributed by atoms with Crippen LogP contribution in [0.1, 0.15) is 89.7 Å². The number of hydrogen-bond donors (Lipinski definition) is 9. The number of carbonyl (C=O) groups excluding carboxylic acids is 3. The Labute approximate surface area is 531 Å². The second kappa shape index (κ2) is 44.5. The molecule has 0 spiro atoms. The molecule has 21 nitrogen and oxygen atoms in total. The first-order valence-corrected chi connectivity index (χ1v) is 35.3. The minimum absolute atomic E-state index is 0.0926. The number of nitrogens with one attached hydrogen (secondary N) is 9. The summed E-state index contributed by atoms with van der Waals surface area (Å²) in [5, 5.41) is 28.5. The Morgan fingerprint density at radius 3 is 1.45 bits per heavy atom. The average molecular weight is 1260 g/mol. The van der Waals surface area contributed by atoms with E-state index in [-0.39, 0.29) is 35.5 Å². The second-order valence-electron chi connectivity index (χ2n) is 25.0. The number of benzene rings is 2. The number of amides is 2. The molecule has 1 aliphatic carbocycles. The fourth-order valence-corrected chi connectivity index (χ4v) is 12.6. The summed E-state index contributed by atoms with van der Waals surface area (Å²) in [6, 6.07) is 15.4. The minimum atomic E-state index is -2.93. The van der Waals surface area contributed by atoms with Crippen LogP contribution in [0.2, 0.25) is 0 Å². The van der Waals surface area contributed by atoms with Crippen molar-refractivity contribution in [2.45, 2.75) is 111 Å². The van der Waals surface area contributed by atoms with Gasteiger partial charge in [0.05, 0.1) is 30.6 Å². The zero-order valence-corrected chi connectivity index (χ0v) is 56.8. The van der Waals surface area contributed by atoms with Gasteiger partial charge in [0.15, 0.2) is 0 Å². The van der Waals surface area contributed by atoms with Crippen LogP contribution in [0.25, 0.3) is 0 Å². The van der Waals surface area contributed by atoms with E-state index in [4.69, 9.17) is 0 Å². The summed E-state index contributed by atoms with van der Waals surface area (Å²) < 4.78 is 36.8. The van der Waals surface area contributed by atoms with Gasteiger partial charge >= 0.3 is 0 Å². The molecule has 9 aliphatic rings. The number of carbonyl (C=O) groups is 3. The molecule has 2 aromatic rings. The Balaban J connectivity index is 0.000000216. The largest absolute Gasteiger partial charge is 0.369 e. The molecule has 0 aromatic heterocycles. The summed E-state index contributed by atoms with van der Waals surface area (Å²) in [6.45, 7) is 38.7. The Morgan fingerprint density at radius 1 is 0.580 bits per heavy atom. The average Bonchev–Trinajstić information content (AvgIpc) is 4.06. The van der Waals surface area contributed by atoms with Crippen molar-refractivity contribution >= 4 is 39.0 Å². The molecule has 11 rings (SSSR count). The van der Waals surface area contributed by atoms with E-state index in [1.165, 1.54) is 113 Å². The molecular formula is C65H121FN16O5S. The molecule has 88 heavy (non-hydrogen) atoms. The minimum Gasteiger partial charge on any atom is -0.369 e. The Morgan fingerprint density at radius 2 is 1.03 bits per heavy atom. The van der Waals surface area contributed by atoms with Crippen molar-refractivity contribution in [2.75, 3.05) is 220 Å². The molecule has 2 unspecified atom stereocenters. The van der Waals surface area contributed by atoms with Gasteiger partial charge in [0.1, 0.15) is 11.6 Å². The molecule has 2 aromatic carbocycles. The summed E-state index contributed by atoms with van der Waals surface area (Å²) in [6.07, 6.45) is 12.9. The molecule has 504 valence electrons. The molecular weight excluding hydrogens is 1140 g/mol. The number of rotatable bonds is 10. The van der Waals surface area contributed by atoms with E-state index >= 15 is 0 Å². The van der Waals surface area contributed by atoms with Crippen LogP contribution in [0, 0.1) is 25.6 Å². The lowest BCUT2D eigenvalue weighted by molar-refractivity contribution is -0.130. The van der Waals surface area contributed by atoms with E-state index in [2.05, 4.69) is 117 Å². The zero-order chi connectivity index (χ0) is 63.9. The van der Waals surface area contributed by atoms with Gasteiger partial charge in [-0.2, -0.15) is 4.31 Å². The molecule has 2 amide bonds. The molecule has 0 radical (unpaired) electrons. The van der Waals surface area contributed by atoms with E-state index in [1.807, 2.05) is 19.1 Å². The van der Waals surface area contributed by atoms with Crippen LogP contribution < -0.4 is 57.7 Å². The number of likely N-dealkylation sites (N-methyl/N-ethyl adjacent to an activating group) is 2. The number of hydrogen-bond acceptors (Lipinski definition) is 18. The number of Topliss-reactive ketones (excluding diaryl/α,β-unsaturated/α-hetero) is 1. The topological polar surface area (TPSA) is 216 Å². The summed E-state index contributed by atoms with van der Waals surface area (Å²) in [5.74, 6) is 1.30. The van der Waals surface area contributed by atoms with Crippen molar-refractivity contribution in [3.63, 3.8) is 0 Å². The van der Waals surface area contributed by atoms with Crippen LogP contribution >= 0.6 is 0 Å². The lowest BCUT2D eigenvalue weighted by atomic mass is 9.94. The zero-order valence-electron chi connectivity index (χ0n) is 56.0. The molecule has 8 aliphatic heterocycles. The molecule has 23 heteroatoms. The van der Waals surface area contributed by atoms with Crippen LogP contribution in [0.4, 0.5) is 15.8 Å². The van der Waals surface area contributed by atoms with Crippen molar-refractivity contribution in [1.29, 1.82) is 0 Å². The molecule has 1 saturated carbocycles. The van der Waals surface area contributed by atoms with Gasteiger partial charge in [-0.3, -0.25) is 24.2 Å². The van der Waals surface area contributed by atoms with Gasteiger partial charge in [-0.05, 0) is 108 Å². The second-order valence-corrected chi connectivity index (χ2v) is 27.0. The number of ketones is 1. The highest BCUT2D eigenvalue weighted by Crippen LogP contribution is 2.23. The summed E-state index contributed by atoms with van der Waals surface area (Å²) in [5.41, 5.74) is 4.39. The number of sulfonamides is 1. The van der Waals surface area contributed by atoms with E-state index in [9.17, 15) is 27.2 Å². The smallest absolute Gasteiger partial charge is 0.239 e. The first kappa shape index (κ1) is 76.5. The maximum atomic E-state index is 13.6. The van der Waals surface area contributed by atoms with Crippen molar-refractivity contribution in [3.8, 4) is 0 Å². The maximum absolute atomic E-state index is 13.6. The van der Waals surface area contributed by atoms with Gasteiger partial charge in [-0.1, -0.05) is 56.9 Å². The van der Waals surface area contributed by atoms with Crippen molar-refractivity contribution in [2.24, 2.45) is 5.92 Å². The third kappa shape index (κ3) is 32.4. The van der Waals surface area contributed by atoms with E-state index < -0.39 is 10.0 Å². The summed E-state index contributed by atoms with van der Waals surface area (Å²) in [7, 11) is 2.33. The van der Waals surface area contributed by atoms with Gasteiger partial charge in [-0.25, -0.2) is 12.8 Å². The molecule has 9 N–H and O–H groups in total. The van der Waals surface area contributed by atoms with Crippen LogP contribution in [-0.2, 0) is 24.4 Å². The highest BCUT2D eigenvalue weighted by Gasteiger charge is 2.24. The number of aryl methyl sites for hydroxylation is 2. The quantitative estimate of drug-likeness (QED) is 0.167. The first-order chi connectivity index (χ1) is 42.3. The fourth-order valence-electron chi connectivity index (χ4n) is 11.7. The number of anilines is 2. The predicted molar refractivity (Wildman–Crippen MR) is 362 cm³/mol. The van der Waals surface area contributed by atoms with Gasteiger partial charge < -0.3 is 67.5 Å². The normalized spacial score (nSPS) is 22.2. The maximum Gasteiger partial charge on any atom is 0.239 e. The third-order valence-corrected chi connectivity index (χ3v) is 18.2. The number of halogens is 1. The molecule has 2 atom stereocenters. The van der Waals surface area contributed by atoms with Crippen LogP contribution in [-0.4, -0.2) is 279 Å². The van der Waals surface area contributed by atoms with E-state index in [0.717, 1.165) is 154 Å². The fraction of sp³-hybridized carbons (Fsp3) is 0.769. The molecule has 8 saturated heterocycles. The van der Waals surface area contributed by atoms with Gasteiger partial charge in [0.2, 0.25) is 21.8 Å². The predicted octanol–water partition coefficient (Wildman–Crippen LogP) is 2.36. The van der Waals surface area contributed by atoms with Crippen molar-refractivity contribution in [1.82, 2.24) is 71.8 Å². The van der Waals surface area contributed by atoms with Crippen molar-refractivity contribution < 1.29 is 27.2 Å². The standard InChI is InChI=1S/C11H15FN2.C11H16N2.C10H20N2.C8H18N2.C7H15N3O.C7H14N2O.C6H11NO.C5H12N2O2S/c1-9-2-3-11(10(12)8-9)14-6-4-13-5-7-14;1-10-2-4-11(5-3-10)13-8-6-12-7-9-13;1-2-4-10(5-3-1)12-8-6-11-7-9-12;1-8(2)7-10-5-3-9-4-6-10;1-8-7(11)6-10-4-2-9-3-5-10;1-9(2)7(10)6-4-3-5-8-6;1-5(8)6-3-2-4-7-6;1-10(8,9)7-4-2-6-3-5-7/h2-3,8,13H,4-7H2,1H3;2-5,12H,6-9H2,1H3;10-11H,1-9H2;8-9H,3-7H2,1-2H3;9H,2-6H2,1H3,(H,8,11);6,8H,3-5H2,1-2H3;6-7H,2-4H2,1H3;6H,2-5H2,1H3. The highest BCUT2D eigenvalue weighted by atomic mass is 32.2. The Kier molecular flexibility index (Phi) is 38.7.